The van der Waals surface area contributed by atoms with Crippen molar-refractivity contribution in [3.05, 3.63) is 59.2 Å². The summed E-state index contributed by atoms with van der Waals surface area (Å²) >= 11 is 0. The largest absolute Gasteiger partial charge is 0.508 e. The van der Waals surface area contributed by atoms with Crippen LogP contribution in [0.5, 0.6) is 17.2 Å². The molecule has 8 nitrogen and oxygen atoms in total. The minimum absolute atomic E-state index is 0.00946. The average Bonchev–Trinajstić information content (AvgIpc) is 3.04. The Hall–Kier alpha value is -3.52. The highest BCUT2D eigenvalue weighted by Crippen LogP contribution is 2.41. The second-order valence-corrected chi connectivity index (χ2v) is 7.29. The van der Waals surface area contributed by atoms with Crippen molar-refractivity contribution in [2.45, 2.75) is 12.5 Å². The van der Waals surface area contributed by atoms with Crippen LogP contribution in [0, 0.1) is 0 Å². The molecule has 2 aromatic rings. The van der Waals surface area contributed by atoms with E-state index in [0.29, 0.717) is 48.9 Å². The number of rotatable bonds is 6. The molecule has 2 heterocycles. The minimum atomic E-state index is -0.786. The second kappa shape index (κ2) is 8.69. The maximum Gasteiger partial charge on any atom is 0.295 e. The number of Topliss-reactive ketones (excluding diaryl/α,β-unsaturated/α-hetero) is 1. The average molecular weight is 425 g/mol. The van der Waals surface area contributed by atoms with Gasteiger partial charge in [-0.3, -0.25) is 9.59 Å². The number of aliphatic hydroxyl groups is 1. The molecule has 31 heavy (non-hydrogen) atoms. The standard InChI is InChI=1S/C23H23NO7/c1-29-10-2-9-24-20(14-3-6-16(25)7-4-14)19(22(27)23(24)28)21(26)15-5-8-17-18(13-15)31-12-11-30-17/h3-8,13,20,25-26H,2,9-12H2,1H3. The Morgan fingerprint density at radius 3 is 2.52 bits per heavy atom. The maximum absolute atomic E-state index is 13.0. The third kappa shape index (κ3) is 3.94. The molecule has 2 aliphatic heterocycles. The first-order valence-electron chi connectivity index (χ1n) is 9.97. The van der Waals surface area contributed by atoms with E-state index in [4.69, 9.17) is 14.2 Å². The van der Waals surface area contributed by atoms with E-state index in [-0.39, 0.29) is 23.6 Å². The van der Waals surface area contributed by atoms with E-state index in [1.54, 1.807) is 37.4 Å². The molecule has 1 atom stereocenters. The quantitative estimate of drug-likeness (QED) is 0.317. The van der Waals surface area contributed by atoms with Crippen LogP contribution in [0.2, 0.25) is 0 Å². The Bertz CT molecular complexity index is 1030. The fourth-order valence-corrected chi connectivity index (χ4v) is 3.84. The zero-order valence-electron chi connectivity index (χ0n) is 17.0. The molecule has 0 aromatic heterocycles. The fraction of sp³-hybridized carbons (Fsp3) is 0.304. The van der Waals surface area contributed by atoms with Crippen LogP contribution in [-0.2, 0) is 14.3 Å². The summed E-state index contributed by atoms with van der Waals surface area (Å²) in [6.45, 7) is 1.52. The van der Waals surface area contributed by atoms with Gasteiger partial charge in [-0.1, -0.05) is 12.1 Å². The second-order valence-electron chi connectivity index (χ2n) is 7.29. The van der Waals surface area contributed by atoms with E-state index >= 15 is 0 Å². The van der Waals surface area contributed by atoms with Crippen LogP contribution >= 0.6 is 0 Å². The monoisotopic (exact) mass is 425 g/mol. The number of fused-ring (bicyclic) bond motifs is 1. The number of nitrogens with zero attached hydrogens (tertiary/aromatic N) is 1. The molecule has 4 rings (SSSR count). The van der Waals surface area contributed by atoms with Crippen LogP contribution < -0.4 is 9.47 Å². The first-order chi connectivity index (χ1) is 15.0. The number of phenolic OH excluding ortho intramolecular Hbond substituents is 1. The van der Waals surface area contributed by atoms with Crippen molar-refractivity contribution in [2.24, 2.45) is 0 Å². The molecule has 2 aliphatic rings. The molecule has 1 saturated heterocycles. The number of phenols is 1. The Labute approximate surface area is 179 Å². The van der Waals surface area contributed by atoms with Crippen molar-refractivity contribution in [1.29, 1.82) is 0 Å². The Morgan fingerprint density at radius 1 is 1.10 bits per heavy atom. The molecule has 162 valence electrons. The van der Waals surface area contributed by atoms with Crippen LogP contribution in [0.3, 0.4) is 0 Å². The van der Waals surface area contributed by atoms with Crippen LogP contribution in [0.25, 0.3) is 5.76 Å². The van der Waals surface area contributed by atoms with E-state index in [1.165, 1.54) is 17.0 Å². The lowest BCUT2D eigenvalue weighted by atomic mass is 9.95. The number of likely N-dealkylation sites (tertiary alicyclic amines) is 1. The van der Waals surface area contributed by atoms with Crippen molar-refractivity contribution in [2.75, 3.05) is 33.5 Å². The van der Waals surface area contributed by atoms with Crippen LogP contribution in [-0.4, -0.2) is 60.3 Å². The van der Waals surface area contributed by atoms with Gasteiger partial charge in [0, 0.05) is 25.8 Å². The molecule has 2 N–H and O–H groups in total. The van der Waals surface area contributed by atoms with E-state index in [9.17, 15) is 19.8 Å². The lowest BCUT2D eigenvalue weighted by molar-refractivity contribution is -0.140. The number of amides is 1. The van der Waals surface area contributed by atoms with Gasteiger partial charge in [0.2, 0.25) is 0 Å². The summed E-state index contributed by atoms with van der Waals surface area (Å²) in [6, 6.07) is 10.3. The molecule has 2 aromatic carbocycles. The predicted molar refractivity (Wildman–Crippen MR) is 111 cm³/mol. The Balaban J connectivity index is 1.79. The SMILES string of the molecule is COCCCN1C(=O)C(=O)C(=C(O)c2ccc3c(c2)OCCO3)C1c1ccc(O)cc1. The predicted octanol–water partition coefficient (Wildman–Crippen LogP) is 2.62. The van der Waals surface area contributed by atoms with Crippen molar-refractivity contribution >= 4 is 17.4 Å². The van der Waals surface area contributed by atoms with Gasteiger partial charge < -0.3 is 29.3 Å². The number of ketones is 1. The molecule has 1 amide bonds. The van der Waals surface area contributed by atoms with E-state index in [2.05, 4.69) is 0 Å². The van der Waals surface area contributed by atoms with Gasteiger partial charge in [-0.2, -0.15) is 0 Å². The molecular weight excluding hydrogens is 402 g/mol. The van der Waals surface area contributed by atoms with E-state index < -0.39 is 17.7 Å². The summed E-state index contributed by atoms with van der Waals surface area (Å²) in [5, 5.41) is 20.8. The number of hydrogen-bond donors (Lipinski definition) is 2. The summed E-state index contributed by atoms with van der Waals surface area (Å²) in [5.74, 6) is -0.658. The van der Waals surface area contributed by atoms with Gasteiger partial charge in [-0.05, 0) is 42.3 Å². The normalized spacial score (nSPS) is 19.6. The third-order valence-corrected chi connectivity index (χ3v) is 5.31. The summed E-state index contributed by atoms with van der Waals surface area (Å²) in [6.07, 6.45) is 0.530. The fourth-order valence-electron chi connectivity index (χ4n) is 3.84. The molecule has 0 saturated carbocycles. The topological polar surface area (TPSA) is 106 Å². The highest BCUT2D eigenvalue weighted by Gasteiger charge is 2.45. The van der Waals surface area contributed by atoms with Crippen LogP contribution in [0.15, 0.2) is 48.0 Å². The molecule has 0 radical (unpaired) electrons. The van der Waals surface area contributed by atoms with Crippen molar-refractivity contribution in [3.8, 4) is 17.2 Å². The third-order valence-electron chi connectivity index (χ3n) is 5.31. The molecular formula is C23H23NO7. The molecule has 0 bridgehead atoms. The van der Waals surface area contributed by atoms with Gasteiger partial charge in [0.1, 0.15) is 24.7 Å². The number of methoxy groups -OCH3 is 1. The van der Waals surface area contributed by atoms with Crippen LogP contribution in [0.1, 0.15) is 23.6 Å². The molecule has 0 aliphatic carbocycles. The number of aliphatic hydroxyl groups excluding tert-OH is 1. The summed E-state index contributed by atoms with van der Waals surface area (Å²) in [5.41, 5.74) is 0.946. The van der Waals surface area contributed by atoms with Crippen molar-refractivity contribution in [1.82, 2.24) is 4.90 Å². The van der Waals surface area contributed by atoms with Gasteiger partial charge in [-0.25, -0.2) is 0 Å². The molecule has 1 fully saturated rings. The van der Waals surface area contributed by atoms with Gasteiger partial charge >= 0.3 is 0 Å². The lowest BCUT2D eigenvalue weighted by Crippen LogP contribution is -2.31. The number of ether oxygens (including phenoxy) is 3. The van der Waals surface area contributed by atoms with Crippen molar-refractivity contribution in [3.63, 3.8) is 0 Å². The van der Waals surface area contributed by atoms with Crippen molar-refractivity contribution < 1.29 is 34.0 Å². The summed E-state index contributed by atoms with van der Waals surface area (Å²) in [7, 11) is 1.56. The van der Waals surface area contributed by atoms with Gasteiger partial charge in [0.05, 0.1) is 11.6 Å². The van der Waals surface area contributed by atoms with Crippen LogP contribution in [0.4, 0.5) is 0 Å². The van der Waals surface area contributed by atoms with E-state index in [0.717, 1.165) is 0 Å². The lowest BCUT2D eigenvalue weighted by Gasteiger charge is -2.25. The first-order valence-corrected chi connectivity index (χ1v) is 9.97. The highest BCUT2D eigenvalue weighted by atomic mass is 16.6. The first kappa shape index (κ1) is 20.7. The summed E-state index contributed by atoms with van der Waals surface area (Å²) in [4.78, 5) is 27.2. The Kier molecular flexibility index (Phi) is 5.81. The maximum atomic E-state index is 13.0. The highest BCUT2D eigenvalue weighted by molar-refractivity contribution is 6.46. The van der Waals surface area contributed by atoms with E-state index in [1.807, 2.05) is 0 Å². The van der Waals surface area contributed by atoms with Gasteiger partial charge in [0.15, 0.2) is 11.5 Å². The summed E-state index contributed by atoms with van der Waals surface area (Å²) < 4.78 is 16.2. The molecule has 0 spiro atoms. The number of carbonyl (C=O) groups is 2. The smallest absolute Gasteiger partial charge is 0.295 e. The number of aromatic hydroxyl groups is 1. The number of hydrogen-bond acceptors (Lipinski definition) is 7. The van der Waals surface area contributed by atoms with Gasteiger partial charge in [0.25, 0.3) is 11.7 Å². The molecule has 1 unspecified atom stereocenters. The minimum Gasteiger partial charge on any atom is -0.508 e. The van der Waals surface area contributed by atoms with Gasteiger partial charge in [-0.15, -0.1) is 0 Å². The number of carbonyl (C=O) groups excluding carboxylic acids is 2. The zero-order valence-corrected chi connectivity index (χ0v) is 17.0. The molecule has 8 heteroatoms. The number of benzene rings is 2. The zero-order chi connectivity index (χ0) is 22.0. The Morgan fingerprint density at radius 2 is 1.81 bits per heavy atom.